The van der Waals surface area contributed by atoms with E-state index in [2.05, 4.69) is 10.3 Å². The summed E-state index contributed by atoms with van der Waals surface area (Å²) >= 11 is 0. The van der Waals surface area contributed by atoms with E-state index in [4.69, 9.17) is 10.5 Å². The number of rotatable bonds is 7. The van der Waals surface area contributed by atoms with E-state index in [1.807, 2.05) is 13.8 Å². The van der Waals surface area contributed by atoms with Gasteiger partial charge in [-0.3, -0.25) is 14.4 Å². The number of benzene rings is 1. The van der Waals surface area contributed by atoms with Gasteiger partial charge in [0.15, 0.2) is 6.61 Å². The van der Waals surface area contributed by atoms with Crippen molar-refractivity contribution in [3.8, 4) is 5.75 Å². The molecular weight excluding hydrogens is 248 g/mol. The van der Waals surface area contributed by atoms with Crippen molar-refractivity contribution in [1.82, 2.24) is 5.48 Å². The van der Waals surface area contributed by atoms with E-state index in [0.29, 0.717) is 23.8 Å². The van der Waals surface area contributed by atoms with E-state index in [1.54, 1.807) is 24.3 Å². The Kier molecular flexibility index (Phi) is 5.81. The molecule has 0 radical (unpaired) electrons. The maximum Gasteiger partial charge on any atom is 0.274 e. The zero-order chi connectivity index (χ0) is 14.3. The van der Waals surface area contributed by atoms with Crippen LogP contribution >= 0.6 is 0 Å². The average molecular weight is 266 g/mol. The fourth-order valence-electron chi connectivity index (χ4n) is 1.22. The van der Waals surface area contributed by atoms with E-state index in [1.165, 1.54) is 0 Å². The van der Waals surface area contributed by atoms with Crippen molar-refractivity contribution in [1.29, 1.82) is 0 Å². The number of nitrogens with one attached hydrogen (secondary N) is 1. The van der Waals surface area contributed by atoms with Crippen LogP contribution in [0.25, 0.3) is 0 Å². The summed E-state index contributed by atoms with van der Waals surface area (Å²) in [4.78, 5) is 26.8. The van der Waals surface area contributed by atoms with Crippen molar-refractivity contribution in [2.45, 2.75) is 13.8 Å². The van der Waals surface area contributed by atoms with E-state index in [0.717, 1.165) is 0 Å². The Morgan fingerprint density at radius 1 is 1.37 bits per heavy atom. The van der Waals surface area contributed by atoms with Crippen LogP contribution in [-0.2, 0) is 9.63 Å². The highest BCUT2D eigenvalue weighted by Gasteiger charge is 2.07. The number of nitrogens with two attached hydrogens (primary N) is 1. The average Bonchev–Trinajstić information content (AvgIpc) is 2.36. The molecule has 104 valence electrons. The topological polar surface area (TPSA) is 90.7 Å². The van der Waals surface area contributed by atoms with E-state index < -0.39 is 11.8 Å². The molecule has 0 fully saturated rings. The molecule has 19 heavy (non-hydrogen) atoms. The lowest BCUT2D eigenvalue weighted by Gasteiger charge is -2.10. The Morgan fingerprint density at radius 2 is 2.11 bits per heavy atom. The molecule has 0 atom stereocenters. The first-order chi connectivity index (χ1) is 8.99. The smallest absolute Gasteiger partial charge is 0.274 e. The van der Waals surface area contributed by atoms with Gasteiger partial charge < -0.3 is 10.5 Å². The summed E-state index contributed by atoms with van der Waals surface area (Å²) in [6.45, 7) is 4.28. The van der Waals surface area contributed by atoms with Crippen molar-refractivity contribution in [3.05, 3.63) is 29.8 Å². The highest BCUT2D eigenvalue weighted by atomic mass is 16.7. The molecule has 1 rings (SSSR count). The molecule has 0 unspecified atom stereocenters. The van der Waals surface area contributed by atoms with E-state index in [9.17, 15) is 9.59 Å². The standard InChI is InChI=1S/C13H18N2O4/c1-9(2)7-18-11-5-3-4-10(6-11)13(17)15-19-8-12(14)16/h3-6,9H,7-8H2,1-2H3,(H2,14,16)(H,15,17). The van der Waals surface area contributed by atoms with Gasteiger partial charge in [0, 0.05) is 5.56 Å². The predicted octanol–water partition coefficient (Wildman–Crippen LogP) is 0.868. The highest BCUT2D eigenvalue weighted by Crippen LogP contribution is 2.14. The molecule has 0 bridgehead atoms. The van der Waals surface area contributed by atoms with Gasteiger partial charge in [0.25, 0.3) is 5.91 Å². The van der Waals surface area contributed by atoms with Crippen LogP contribution in [0.2, 0.25) is 0 Å². The zero-order valence-corrected chi connectivity index (χ0v) is 11.0. The fourth-order valence-corrected chi connectivity index (χ4v) is 1.22. The van der Waals surface area contributed by atoms with Crippen LogP contribution in [0.15, 0.2) is 24.3 Å². The summed E-state index contributed by atoms with van der Waals surface area (Å²) in [6.07, 6.45) is 0. The van der Waals surface area contributed by atoms with Gasteiger partial charge in [0.1, 0.15) is 5.75 Å². The largest absolute Gasteiger partial charge is 0.493 e. The number of amides is 2. The zero-order valence-electron chi connectivity index (χ0n) is 11.0. The monoisotopic (exact) mass is 266 g/mol. The quantitative estimate of drug-likeness (QED) is 0.716. The van der Waals surface area contributed by atoms with Crippen LogP contribution in [-0.4, -0.2) is 25.0 Å². The first-order valence-electron chi connectivity index (χ1n) is 5.92. The van der Waals surface area contributed by atoms with Crippen molar-refractivity contribution >= 4 is 11.8 Å². The number of hydrogen-bond donors (Lipinski definition) is 2. The van der Waals surface area contributed by atoms with E-state index >= 15 is 0 Å². The van der Waals surface area contributed by atoms with Crippen molar-refractivity contribution < 1.29 is 19.2 Å². The summed E-state index contributed by atoms with van der Waals surface area (Å²) < 4.78 is 5.51. The minimum atomic E-state index is -0.658. The Bertz CT molecular complexity index is 446. The van der Waals surface area contributed by atoms with Gasteiger partial charge in [-0.25, -0.2) is 5.48 Å². The van der Waals surface area contributed by atoms with Gasteiger partial charge in [0.2, 0.25) is 5.91 Å². The number of hydroxylamine groups is 1. The normalized spacial score (nSPS) is 10.3. The molecular formula is C13H18N2O4. The SMILES string of the molecule is CC(C)COc1cccc(C(=O)NOCC(N)=O)c1. The molecule has 2 amide bonds. The minimum Gasteiger partial charge on any atom is -0.493 e. The summed E-state index contributed by atoms with van der Waals surface area (Å²) in [5.74, 6) is -0.113. The van der Waals surface area contributed by atoms with Gasteiger partial charge >= 0.3 is 0 Å². The fraction of sp³-hybridized carbons (Fsp3) is 0.385. The third-order valence-corrected chi connectivity index (χ3v) is 2.06. The van der Waals surface area contributed by atoms with Crippen LogP contribution in [0.1, 0.15) is 24.2 Å². The maximum absolute atomic E-state index is 11.7. The summed E-state index contributed by atoms with van der Waals surface area (Å²) in [5.41, 5.74) is 7.38. The van der Waals surface area contributed by atoms with Gasteiger partial charge in [-0.05, 0) is 24.1 Å². The lowest BCUT2D eigenvalue weighted by atomic mass is 10.2. The van der Waals surface area contributed by atoms with Crippen LogP contribution in [0.5, 0.6) is 5.75 Å². The second-order valence-corrected chi connectivity index (χ2v) is 4.42. The molecule has 3 N–H and O–H groups in total. The molecule has 0 heterocycles. The Morgan fingerprint density at radius 3 is 2.74 bits per heavy atom. The lowest BCUT2D eigenvalue weighted by molar-refractivity contribution is -0.124. The van der Waals surface area contributed by atoms with Crippen molar-refractivity contribution in [2.24, 2.45) is 11.7 Å². The molecule has 0 aliphatic rings. The van der Waals surface area contributed by atoms with Crippen LogP contribution < -0.4 is 16.0 Å². The maximum atomic E-state index is 11.7. The first-order valence-corrected chi connectivity index (χ1v) is 5.92. The van der Waals surface area contributed by atoms with Crippen molar-refractivity contribution in [2.75, 3.05) is 13.2 Å². The molecule has 0 saturated heterocycles. The summed E-state index contributed by atoms with van der Waals surface area (Å²) in [7, 11) is 0. The number of ether oxygens (including phenoxy) is 1. The van der Waals surface area contributed by atoms with Gasteiger partial charge in [-0.2, -0.15) is 0 Å². The number of carbonyl (C=O) groups excluding carboxylic acids is 2. The molecule has 0 spiro atoms. The number of hydrogen-bond acceptors (Lipinski definition) is 4. The molecule has 0 aliphatic carbocycles. The predicted molar refractivity (Wildman–Crippen MR) is 69.4 cm³/mol. The molecule has 0 saturated carbocycles. The third kappa shape index (κ3) is 5.87. The lowest BCUT2D eigenvalue weighted by Crippen LogP contribution is -2.29. The second-order valence-electron chi connectivity index (χ2n) is 4.42. The Balaban J connectivity index is 2.55. The minimum absolute atomic E-state index is 0.366. The first kappa shape index (κ1) is 15.0. The second kappa shape index (κ2) is 7.38. The molecule has 1 aromatic carbocycles. The van der Waals surface area contributed by atoms with Crippen LogP contribution in [0.4, 0.5) is 0 Å². The number of primary amides is 1. The van der Waals surface area contributed by atoms with Crippen molar-refractivity contribution in [3.63, 3.8) is 0 Å². The molecule has 6 heteroatoms. The third-order valence-electron chi connectivity index (χ3n) is 2.06. The summed E-state index contributed by atoms with van der Waals surface area (Å²) in [6, 6.07) is 6.69. The molecule has 0 aliphatic heterocycles. The van der Waals surface area contributed by atoms with Gasteiger partial charge in [0.05, 0.1) is 6.61 Å². The van der Waals surface area contributed by atoms with Crippen LogP contribution in [0.3, 0.4) is 0 Å². The van der Waals surface area contributed by atoms with Crippen LogP contribution in [0, 0.1) is 5.92 Å². The molecule has 0 aromatic heterocycles. The highest BCUT2D eigenvalue weighted by molar-refractivity contribution is 5.93. The Labute approximate surface area is 111 Å². The molecule has 1 aromatic rings. The van der Waals surface area contributed by atoms with E-state index in [-0.39, 0.29) is 6.61 Å². The van der Waals surface area contributed by atoms with Gasteiger partial charge in [-0.15, -0.1) is 0 Å². The molecule has 6 nitrogen and oxygen atoms in total. The summed E-state index contributed by atoms with van der Waals surface area (Å²) in [5, 5.41) is 0. The number of carbonyl (C=O) groups is 2. The van der Waals surface area contributed by atoms with Gasteiger partial charge in [-0.1, -0.05) is 19.9 Å². The Hall–Kier alpha value is -2.08.